The molecular weight excluding hydrogens is 274 g/mol. The Hall–Kier alpha value is -1.27. The van der Waals surface area contributed by atoms with Gasteiger partial charge in [-0.05, 0) is 29.9 Å². The molecule has 0 saturated carbocycles. The van der Waals surface area contributed by atoms with E-state index >= 15 is 0 Å². The lowest BCUT2D eigenvalue weighted by Crippen LogP contribution is -2.27. The highest BCUT2D eigenvalue weighted by Crippen LogP contribution is 2.38. The van der Waals surface area contributed by atoms with Crippen LogP contribution >= 0.6 is 0 Å². The van der Waals surface area contributed by atoms with Crippen LogP contribution in [0.3, 0.4) is 0 Å². The molecule has 1 aromatic carbocycles. The summed E-state index contributed by atoms with van der Waals surface area (Å²) in [4.78, 5) is 2.16. The number of para-hydroxylation sites is 1. The normalized spacial score (nSPS) is 20.4. The van der Waals surface area contributed by atoms with E-state index < -0.39 is 10.0 Å². The first-order chi connectivity index (χ1) is 9.10. The highest BCUT2D eigenvalue weighted by Gasteiger charge is 2.33. The summed E-state index contributed by atoms with van der Waals surface area (Å²) in [5, 5.41) is 5.20. The molecule has 20 heavy (non-hydrogen) atoms. The molecule has 112 valence electrons. The number of primary sulfonamides is 1. The molecule has 1 unspecified atom stereocenters. The van der Waals surface area contributed by atoms with Crippen molar-refractivity contribution in [2.75, 3.05) is 23.7 Å². The summed E-state index contributed by atoms with van der Waals surface area (Å²) in [6.45, 7) is 8.46. The van der Waals surface area contributed by atoms with Gasteiger partial charge in [0.25, 0.3) is 0 Å². The van der Waals surface area contributed by atoms with Crippen molar-refractivity contribution in [3.05, 3.63) is 18.2 Å². The maximum atomic E-state index is 11.5. The lowest BCUT2D eigenvalue weighted by molar-refractivity contribution is 0.263. The van der Waals surface area contributed by atoms with Crippen LogP contribution in [0.1, 0.15) is 27.2 Å². The van der Waals surface area contributed by atoms with Crippen LogP contribution in [0, 0.1) is 11.3 Å². The molecule has 1 aliphatic heterocycles. The average molecular weight is 297 g/mol. The SMILES string of the molecule is CC(C)(C)C1CCN(c2cccc(S(N)(=O)=O)c2N)C1. The van der Waals surface area contributed by atoms with E-state index in [-0.39, 0.29) is 16.0 Å². The van der Waals surface area contributed by atoms with Gasteiger partial charge in [-0.2, -0.15) is 0 Å². The van der Waals surface area contributed by atoms with Crippen LogP contribution in [-0.2, 0) is 10.0 Å². The molecule has 0 aliphatic carbocycles. The van der Waals surface area contributed by atoms with Crippen molar-refractivity contribution in [2.24, 2.45) is 16.5 Å². The molecule has 6 heteroatoms. The van der Waals surface area contributed by atoms with Crippen molar-refractivity contribution < 1.29 is 8.42 Å². The zero-order valence-corrected chi connectivity index (χ0v) is 13.1. The molecule has 0 radical (unpaired) electrons. The minimum atomic E-state index is -3.78. The van der Waals surface area contributed by atoms with E-state index in [9.17, 15) is 8.42 Å². The smallest absolute Gasteiger partial charge is 0.240 e. The van der Waals surface area contributed by atoms with Crippen LogP contribution in [0.25, 0.3) is 0 Å². The second-order valence-electron chi connectivity index (χ2n) is 6.53. The van der Waals surface area contributed by atoms with Gasteiger partial charge in [-0.15, -0.1) is 0 Å². The number of nitrogens with two attached hydrogens (primary N) is 2. The van der Waals surface area contributed by atoms with E-state index in [1.807, 2.05) is 6.07 Å². The second kappa shape index (κ2) is 4.93. The molecule has 1 saturated heterocycles. The minimum Gasteiger partial charge on any atom is -0.396 e. The van der Waals surface area contributed by atoms with Crippen LogP contribution in [0.5, 0.6) is 0 Å². The van der Waals surface area contributed by atoms with Gasteiger partial charge in [-0.1, -0.05) is 26.8 Å². The van der Waals surface area contributed by atoms with Crippen LogP contribution in [0.15, 0.2) is 23.1 Å². The minimum absolute atomic E-state index is 0.00853. The number of hydrogen-bond acceptors (Lipinski definition) is 4. The third-order valence-electron chi connectivity index (χ3n) is 4.10. The van der Waals surface area contributed by atoms with Crippen molar-refractivity contribution in [2.45, 2.75) is 32.1 Å². The van der Waals surface area contributed by atoms with E-state index in [0.29, 0.717) is 5.92 Å². The first-order valence-electron chi connectivity index (χ1n) is 6.77. The molecule has 1 atom stereocenters. The molecule has 0 bridgehead atoms. The molecule has 1 fully saturated rings. The largest absolute Gasteiger partial charge is 0.396 e. The molecule has 1 aromatic rings. The van der Waals surface area contributed by atoms with Crippen molar-refractivity contribution in [1.82, 2.24) is 0 Å². The van der Waals surface area contributed by atoms with Gasteiger partial charge in [0.2, 0.25) is 10.0 Å². The van der Waals surface area contributed by atoms with Crippen LogP contribution in [0.4, 0.5) is 11.4 Å². The topological polar surface area (TPSA) is 89.4 Å². The summed E-state index contributed by atoms with van der Waals surface area (Å²) in [5.41, 5.74) is 7.26. The summed E-state index contributed by atoms with van der Waals surface area (Å²) < 4.78 is 23.0. The van der Waals surface area contributed by atoms with Crippen molar-refractivity contribution >= 4 is 21.4 Å². The summed E-state index contributed by atoms with van der Waals surface area (Å²) in [6, 6.07) is 5.00. The molecule has 4 N–H and O–H groups in total. The molecule has 2 rings (SSSR count). The van der Waals surface area contributed by atoms with Gasteiger partial charge in [0, 0.05) is 13.1 Å². The molecule has 0 aromatic heterocycles. The van der Waals surface area contributed by atoms with Gasteiger partial charge >= 0.3 is 0 Å². The second-order valence-corrected chi connectivity index (χ2v) is 8.06. The molecule has 0 amide bonds. The lowest BCUT2D eigenvalue weighted by atomic mass is 9.80. The Balaban J connectivity index is 2.32. The Bertz CT molecular complexity index is 605. The maximum absolute atomic E-state index is 11.5. The first-order valence-corrected chi connectivity index (χ1v) is 8.31. The van der Waals surface area contributed by atoms with Crippen LogP contribution in [0.2, 0.25) is 0 Å². The molecule has 1 aliphatic rings. The third kappa shape index (κ3) is 2.91. The van der Waals surface area contributed by atoms with Gasteiger partial charge in [0.15, 0.2) is 0 Å². The molecule has 1 heterocycles. The van der Waals surface area contributed by atoms with Crippen LogP contribution < -0.4 is 15.8 Å². The average Bonchev–Trinajstić information content (AvgIpc) is 2.76. The first kappa shape index (κ1) is 15.1. The Morgan fingerprint density at radius 1 is 1.30 bits per heavy atom. The maximum Gasteiger partial charge on any atom is 0.240 e. The van der Waals surface area contributed by atoms with Crippen LogP contribution in [-0.4, -0.2) is 21.5 Å². The fourth-order valence-corrected chi connectivity index (χ4v) is 3.42. The standard InChI is InChI=1S/C14H23N3O2S/c1-14(2,3)10-7-8-17(9-10)11-5-4-6-12(13(11)15)20(16,18)19/h4-6,10H,7-9,15H2,1-3H3,(H2,16,18,19). The fraction of sp³-hybridized carbons (Fsp3) is 0.571. The van der Waals surface area contributed by atoms with E-state index in [4.69, 9.17) is 10.9 Å². The zero-order valence-electron chi connectivity index (χ0n) is 12.3. The molecule has 0 spiro atoms. The number of hydrogen-bond donors (Lipinski definition) is 2. The zero-order chi connectivity index (χ0) is 15.1. The Morgan fingerprint density at radius 3 is 2.45 bits per heavy atom. The quantitative estimate of drug-likeness (QED) is 0.814. The summed E-state index contributed by atoms with van der Waals surface area (Å²) in [6.07, 6.45) is 1.09. The lowest BCUT2D eigenvalue weighted by Gasteiger charge is -2.28. The summed E-state index contributed by atoms with van der Waals surface area (Å²) >= 11 is 0. The van der Waals surface area contributed by atoms with Crippen molar-refractivity contribution in [3.8, 4) is 0 Å². The van der Waals surface area contributed by atoms with Crippen molar-refractivity contribution in [3.63, 3.8) is 0 Å². The monoisotopic (exact) mass is 297 g/mol. The molecular formula is C14H23N3O2S. The summed E-state index contributed by atoms with van der Waals surface area (Å²) in [5.74, 6) is 0.569. The number of anilines is 2. The van der Waals surface area contributed by atoms with Gasteiger partial charge < -0.3 is 10.6 Å². The fourth-order valence-electron chi connectivity index (χ4n) is 2.74. The summed E-state index contributed by atoms with van der Waals surface area (Å²) in [7, 11) is -3.78. The predicted molar refractivity (Wildman–Crippen MR) is 82.0 cm³/mol. The van der Waals surface area contributed by atoms with E-state index in [0.717, 1.165) is 25.2 Å². The van der Waals surface area contributed by atoms with Crippen molar-refractivity contribution in [1.29, 1.82) is 0 Å². The Morgan fingerprint density at radius 2 is 1.95 bits per heavy atom. The van der Waals surface area contributed by atoms with Gasteiger partial charge in [-0.3, -0.25) is 0 Å². The van der Waals surface area contributed by atoms with E-state index in [1.165, 1.54) is 6.07 Å². The number of benzene rings is 1. The number of rotatable bonds is 2. The Labute approximate surface area is 121 Å². The van der Waals surface area contributed by atoms with Gasteiger partial charge in [0.1, 0.15) is 4.90 Å². The van der Waals surface area contributed by atoms with E-state index in [1.54, 1.807) is 6.07 Å². The molecule has 5 nitrogen and oxygen atoms in total. The van der Waals surface area contributed by atoms with Gasteiger partial charge in [-0.25, -0.2) is 13.6 Å². The predicted octanol–water partition coefficient (Wildman–Crippen LogP) is 1.79. The van der Waals surface area contributed by atoms with E-state index in [2.05, 4.69) is 25.7 Å². The third-order valence-corrected chi connectivity index (χ3v) is 5.07. The number of sulfonamides is 1. The number of nitrogens with zero attached hydrogens (tertiary/aromatic N) is 1. The highest BCUT2D eigenvalue weighted by atomic mass is 32.2. The Kier molecular flexibility index (Phi) is 3.73. The highest BCUT2D eigenvalue weighted by molar-refractivity contribution is 7.89. The number of nitrogen functional groups attached to an aromatic ring is 1. The van der Waals surface area contributed by atoms with Gasteiger partial charge in [0.05, 0.1) is 11.4 Å².